The van der Waals surface area contributed by atoms with E-state index in [1.807, 2.05) is 48.5 Å². The molecule has 0 radical (unpaired) electrons. The van der Waals surface area contributed by atoms with Crippen LogP contribution in [0.5, 0.6) is 0 Å². The van der Waals surface area contributed by atoms with Gasteiger partial charge < -0.3 is 15.6 Å². The quantitative estimate of drug-likeness (QED) is 0.0931. The van der Waals surface area contributed by atoms with Crippen LogP contribution in [0.25, 0.3) is 0 Å². The van der Waals surface area contributed by atoms with E-state index in [-0.39, 0.29) is 11.5 Å². The highest BCUT2D eigenvalue weighted by Crippen LogP contribution is 2.28. The number of aliphatic imine (C=N–C) groups is 1. The number of piperidine rings is 1. The van der Waals surface area contributed by atoms with Crippen LogP contribution in [0.1, 0.15) is 54.8 Å². The van der Waals surface area contributed by atoms with E-state index in [0.717, 1.165) is 50.7 Å². The van der Waals surface area contributed by atoms with Gasteiger partial charge in [0.2, 0.25) is 0 Å². The fraction of sp³-hybridized carbons (Fsp3) is 0.333. The fourth-order valence-electron chi connectivity index (χ4n) is 5.19. The minimum absolute atomic E-state index is 0.190. The van der Waals surface area contributed by atoms with Crippen LogP contribution in [0, 0.1) is 11.2 Å². The molecule has 0 amide bonds. The van der Waals surface area contributed by atoms with Crippen molar-refractivity contribution < 1.29 is 9.18 Å². The van der Waals surface area contributed by atoms with Gasteiger partial charge in [-0.15, -0.1) is 6.58 Å². The molecule has 208 valence electrons. The summed E-state index contributed by atoms with van der Waals surface area (Å²) >= 11 is 0. The molecule has 6 nitrogen and oxygen atoms in total. The van der Waals surface area contributed by atoms with Gasteiger partial charge in [0.1, 0.15) is 11.7 Å². The van der Waals surface area contributed by atoms with E-state index in [2.05, 4.69) is 21.8 Å². The minimum atomic E-state index is -1.43. The number of aromatic nitrogens is 1. The van der Waals surface area contributed by atoms with Gasteiger partial charge in [-0.2, -0.15) is 0 Å². The van der Waals surface area contributed by atoms with E-state index >= 15 is 0 Å². The molecule has 0 saturated carbocycles. The number of carbonyl (C=O) groups is 1. The summed E-state index contributed by atoms with van der Waals surface area (Å²) in [5, 5.41) is 12.2. The number of aldehydes is 1. The first-order valence-corrected chi connectivity index (χ1v) is 14.0. The maximum Gasteiger partial charge on any atom is 0.175 e. The number of hydrogen-bond acceptors (Lipinski definition) is 5. The van der Waals surface area contributed by atoms with Crippen molar-refractivity contribution in [2.45, 2.75) is 43.6 Å². The second kappa shape index (κ2) is 14.4. The highest BCUT2D eigenvalue weighted by atomic mass is 19.1. The van der Waals surface area contributed by atoms with Crippen molar-refractivity contribution in [1.82, 2.24) is 15.2 Å². The topological polar surface area (TPSA) is 81.4 Å². The number of nitrogens with one attached hydrogen (secondary N) is 2. The predicted octanol–water partition coefficient (Wildman–Crippen LogP) is 5.91. The van der Waals surface area contributed by atoms with Crippen LogP contribution in [0.4, 0.5) is 4.39 Å². The van der Waals surface area contributed by atoms with Crippen LogP contribution >= 0.6 is 0 Å². The highest BCUT2D eigenvalue weighted by Gasteiger charge is 2.39. The van der Waals surface area contributed by atoms with E-state index in [1.54, 1.807) is 36.5 Å². The van der Waals surface area contributed by atoms with Gasteiger partial charge in [0, 0.05) is 24.0 Å². The Hall–Kier alpha value is -3.97. The Morgan fingerprint density at radius 2 is 1.82 bits per heavy atom. The number of amidine groups is 1. The van der Waals surface area contributed by atoms with Gasteiger partial charge in [-0.1, -0.05) is 54.6 Å². The van der Waals surface area contributed by atoms with Crippen molar-refractivity contribution >= 4 is 17.8 Å². The Morgan fingerprint density at radius 3 is 2.48 bits per heavy atom. The lowest BCUT2D eigenvalue weighted by Crippen LogP contribution is -2.53. The summed E-state index contributed by atoms with van der Waals surface area (Å²) in [6, 6.07) is 22.0. The fourth-order valence-corrected chi connectivity index (χ4v) is 5.19. The molecule has 0 aliphatic carbocycles. The molecule has 1 saturated heterocycles. The van der Waals surface area contributed by atoms with E-state index in [4.69, 9.17) is 10.4 Å². The number of rotatable bonds is 13. The smallest absolute Gasteiger partial charge is 0.175 e. The van der Waals surface area contributed by atoms with Gasteiger partial charge >= 0.3 is 0 Å². The molecule has 1 unspecified atom stereocenters. The lowest BCUT2D eigenvalue weighted by atomic mass is 9.87. The van der Waals surface area contributed by atoms with E-state index in [9.17, 15) is 9.18 Å². The number of hydrogen-bond donors (Lipinski definition) is 2. The zero-order valence-corrected chi connectivity index (χ0v) is 22.9. The summed E-state index contributed by atoms with van der Waals surface area (Å²) in [7, 11) is 0. The van der Waals surface area contributed by atoms with Crippen molar-refractivity contribution in [1.29, 1.82) is 5.41 Å². The van der Waals surface area contributed by atoms with E-state index in [1.165, 1.54) is 5.56 Å². The molecule has 4 rings (SSSR count). The molecular formula is C33H38FN5O. The number of halogens is 1. The number of benzene rings is 2. The third-order valence-electron chi connectivity index (χ3n) is 7.51. The lowest BCUT2D eigenvalue weighted by molar-refractivity contribution is -0.111. The van der Waals surface area contributed by atoms with Gasteiger partial charge in [-0.25, -0.2) is 4.39 Å². The summed E-state index contributed by atoms with van der Waals surface area (Å²) in [6.45, 7) is 7.28. The molecule has 1 aliphatic heterocycles. The number of carbonyl (C=O) groups excluding carboxylic acids is 1. The van der Waals surface area contributed by atoms with Gasteiger partial charge in [0.05, 0.1) is 5.69 Å². The Bertz CT molecular complexity index is 1270. The third-order valence-corrected chi connectivity index (χ3v) is 7.51. The molecular weight excluding hydrogens is 501 g/mol. The zero-order valence-electron chi connectivity index (χ0n) is 22.9. The van der Waals surface area contributed by atoms with Crippen molar-refractivity contribution in [3.05, 3.63) is 114 Å². The third kappa shape index (κ3) is 7.36. The normalized spacial score (nSPS) is 16.2. The van der Waals surface area contributed by atoms with Crippen LogP contribution in [0.2, 0.25) is 0 Å². The average Bonchev–Trinajstić information content (AvgIpc) is 3.01. The summed E-state index contributed by atoms with van der Waals surface area (Å²) in [6.07, 6.45) is 8.09. The van der Waals surface area contributed by atoms with Gasteiger partial charge in [0.25, 0.3) is 0 Å². The van der Waals surface area contributed by atoms with Crippen molar-refractivity contribution in [2.24, 2.45) is 4.99 Å². The molecule has 1 fully saturated rings. The molecule has 2 aromatic carbocycles. The number of pyridine rings is 1. The van der Waals surface area contributed by atoms with Crippen LogP contribution in [-0.2, 0) is 10.3 Å². The maximum absolute atomic E-state index is 13.3. The van der Waals surface area contributed by atoms with Crippen molar-refractivity contribution in [3.8, 4) is 0 Å². The first kappa shape index (κ1) is 29.0. The van der Waals surface area contributed by atoms with Gasteiger partial charge in [-0.05, 0) is 87.5 Å². The Balaban J connectivity index is 1.45. The Labute approximate surface area is 236 Å². The molecule has 2 heterocycles. The van der Waals surface area contributed by atoms with Crippen LogP contribution < -0.4 is 5.32 Å². The van der Waals surface area contributed by atoms with Gasteiger partial charge in [0.15, 0.2) is 11.8 Å². The minimum Gasteiger partial charge on any atom is -0.348 e. The summed E-state index contributed by atoms with van der Waals surface area (Å²) in [5.41, 5.74) is 1.32. The summed E-state index contributed by atoms with van der Waals surface area (Å²) in [4.78, 5) is 24.5. The van der Waals surface area contributed by atoms with E-state index < -0.39 is 5.54 Å². The van der Waals surface area contributed by atoms with Crippen molar-refractivity contribution in [2.75, 3.05) is 26.2 Å². The molecule has 2 N–H and O–H groups in total. The predicted molar refractivity (Wildman–Crippen MR) is 160 cm³/mol. The molecule has 1 atom stereocenters. The summed E-state index contributed by atoms with van der Waals surface area (Å²) in [5.74, 6) is 0.852. The molecule has 0 bridgehead atoms. The monoisotopic (exact) mass is 539 g/mol. The number of likely N-dealkylation sites (tertiary alicyclic amines) is 1. The van der Waals surface area contributed by atoms with Crippen LogP contribution in [0.15, 0.2) is 96.6 Å². The number of nitrogens with zero attached hydrogens (tertiary/aromatic N) is 3. The largest absolute Gasteiger partial charge is 0.348 e. The second-order valence-corrected chi connectivity index (χ2v) is 10.2. The van der Waals surface area contributed by atoms with Crippen LogP contribution in [-0.4, -0.2) is 53.9 Å². The highest BCUT2D eigenvalue weighted by molar-refractivity contribution is 6.11. The first-order valence-electron chi connectivity index (χ1n) is 14.0. The number of allylic oxidation sites excluding steroid dienone is 1. The first-order chi connectivity index (χ1) is 19.6. The maximum atomic E-state index is 13.3. The molecule has 1 aromatic heterocycles. The van der Waals surface area contributed by atoms with E-state index in [0.29, 0.717) is 36.8 Å². The SMILES string of the molecule is C=CCCC(=N)C(C=O)(NC(=NCCCN1CCC(c2ccc(F)cc2)CC1)c1ccccc1)c1ccccn1. The molecule has 1 aliphatic rings. The van der Waals surface area contributed by atoms with Crippen molar-refractivity contribution in [3.63, 3.8) is 0 Å². The molecule has 40 heavy (non-hydrogen) atoms. The van der Waals surface area contributed by atoms with Crippen LogP contribution in [0.3, 0.4) is 0 Å². The zero-order chi connectivity index (χ0) is 28.2. The average molecular weight is 540 g/mol. The second-order valence-electron chi connectivity index (χ2n) is 10.2. The lowest BCUT2D eigenvalue weighted by Gasteiger charge is -2.32. The standard InChI is InChI=1S/C33H38FN5O/c1-2-3-12-30(35)33(25-40,31-13-7-8-20-36-31)38-32(28-10-5-4-6-11-28)37-21-9-22-39-23-18-27(19-24-39)26-14-16-29(34)17-15-26/h2,4-8,10-11,13-17,20,25,27,35H,1,3,9,12,18-19,21-24H2,(H,37,38). The Kier molecular flexibility index (Phi) is 10.5. The summed E-state index contributed by atoms with van der Waals surface area (Å²) < 4.78 is 13.3. The molecule has 7 heteroatoms. The molecule has 3 aromatic rings. The molecule has 0 spiro atoms. The Morgan fingerprint density at radius 1 is 1.10 bits per heavy atom. The van der Waals surface area contributed by atoms with Gasteiger partial charge in [-0.3, -0.25) is 14.8 Å².